The smallest absolute Gasteiger partial charge is 0.407 e. The van der Waals surface area contributed by atoms with E-state index in [-0.39, 0.29) is 32.6 Å². The Morgan fingerprint density at radius 2 is 1.80 bits per heavy atom. The third kappa shape index (κ3) is 7.76. The molecule has 1 atom stereocenters. The van der Waals surface area contributed by atoms with E-state index in [0.717, 1.165) is 5.56 Å². The molecule has 4 N–H and O–H groups in total. The summed E-state index contributed by atoms with van der Waals surface area (Å²) in [6.07, 6.45) is -0.759. The molecule has 0 saturated carbocycles. The molecule has 1 aromatic carbocycles. The number of aromatic nitrogens is 3. The summed E-state index contributed by atoms with van der Waals surface area (Å²) < 4.78 is 12.9. The Morgan fingerprint density at radius 1 is 1.09 bits per heavy atom. The first-order valence-electron chi connectivity index (χ1n) is 11.1. The zero-order chi connectivity index (χ0) is 24.7. The van der Waals surface area contributed by atoms with Crippen LogP contribution in [0.25, 0.3) is 5.65 Å². The first-order valence-corrected chi connectivity index (χ1v) is 11.1. The van der Waals surface area contributed by atoms with Gasteiger partial charge >= 0.3 is 6.09 Å². The molecule has 0 aliphatic carbocycles. The standard InChI is InChI=1S/C24H32N6O4.CH4/c1-16(2)34-23(32)26-13-18-11-8-12-20-28-29-21(30(18)20)19(27-22(31)24(3,4)25)15-33-14-17-9-6-5-7-10-17;/h5-12,16,19H,13-15,25H2,1-4H3,(H,26,32)(H,27,31);1H4/t19-;/m1./s1. The highest BCUT2D eigenvalue weighted by Crippen LogP contribution is 2.18. The molecule has 0 aliphatic rings. The number of hydrogen-bond acceptors (Lipinski definition) is 7. The lowest BCUT2D eigenvalue weighted by Crippen LogP contribution is -2.51. The van der Waals surface area contributed by atoms with Gasteiger partial charge in [-0.1, -0.05) is 43.8 Å². The second-order valence-electron chi connectivity index (χ2n) is 8.83. The molecule has 0 spiro atoms. The molecule has 0 fully saturated rings. The first kappa shape index (κ1) is 27.7. The molecule has 0 saturated heterocycles. The van der Waals surface area contributed by atoms with Gasteiger partial charge in [-0.25, -0.2) is 4.79 Å². The van der Waals surface area contributed by atoms with Crippen LogP contribution in [0.15, 0.2) is 48.5 Å². The van der Waals surface area contributed by atoms with Gasteiger partial charge in [0.1, 0.15) is 6.04 Å². The van der Waals surface area contributed by atoms with Gasteiger partial charge in [0.25, 0.3) is 0 Å². The maximum atomic E-state index is 12.7. The lowest BCUT2D eigenvalue weighted by Gasteiger charge is -2.24. The van der Waals surface area contributed by atoms with Crippen LogP contribution in [-0.2, 0) is 27.4 Å². The van der Waals surface area contributed by atoms with E-state index in [2.05, 4.69) is 20.8 Å². The second kappa shape index (κ2) is 12.3. The van der Waals surface area contributed by atoms with Gasteiger partial charge < -0.3 is 25.8 Å². The number of fused-ring (bicyclic) bond motifs is 1. The highest BCUT2D eigenvalue weighted by Gasteiger charge is 2.28. The molecule has 3 rings (SSSR count). The lowest BCUT2D eigenvalue weighted by atomic mass is 10.1. The molecular formula is C25H36N6O4. The van der Waals surface area contributed by atoms with Crippen LogP contribution >= 0.6 is 0 Å². The van der Waals surface area contributed by atoms with Crippen molar-refractivity contribution in [1.82, 2.24) is 25.2 Å². The summed E-state index contributed by atoms with van der Waals surface area (Å²) >= 11 is 0. The number of amides is 2. The van der Waals surface area contributed by atoms with E-state index in [9.17, 15) is 9.59 Å². The number of nitrogens with two attached hydrogens (primary N) is 1. The van der Waals surface area contributed by atoms with Crippen molar-refractivity contribution in [3.8, 4) is 0 Å². The van der Waals surface area contributed by atoms with E-state index in [1.54, 1.807) is 38.2 Å². The van der Waals surface area contributed by atoms with Crippen LogP contribution in [0.2, 0.25) is 0 Å². The van der Waals surface area contributed by atoms with Gasteiger partial charge in [-0.2, -0.15) is 0 Å². The minimum atomic E-state index is -1.09. The highest BCUT2D eigenvalue weighted by molar-refractivity contribution is 5.85. The molecule has 3 aromatic rings. The fourth-order valence-electron chi connectivity index (χ4n) is 3.21. The summed E-state index contributed by atoms with van der Waals surface area (Å²) in [5.41, 5.74) is 7.20. The van der Waals surface area contributed by atoms with Gasteiger partial charge in [0.2, 0.25) is 5.91 Å². The predicted octanol–water partition coefficient (Wildman–Crippen LogP) is 3.11. The molecule has 0 radical (unpaired) electrons. The van der Waals surface area contributed by atoms with Gasteiger partial charge in [0.15, 0.2) is 11.5 Å². The SMILES string of the molecule is C.CC(C)OC(=O)NCc1cccc2nnc([C@@H](COCc3ccccc3)NC(=O)C(C)(C)N)n12. The van der Waals surface area contributed by atoms with Crippen molar-refractivity contribution in [3.63, 3.8) is 0 Å². The lowest BCUT2D eigenvalue weighted by molar-refractivity contribution is -0.126. The summed E-state index contributed by atoms with van der Waals surface area (Å²) in [7, 11) is 0. The van der Waals surface area contributed by atoms with Crippen molar-refractivity contribution in [3.05, 3.63) is 65.6 Å². The number of nitrogens with one attached hydrogen (secondary N) is 2. The van der Waals surface area contributed by atoms with Crippen molar-refractivity contribution >= 4 is 17.6 Å². The summed E-state index contributed by atoms with van der Waals surface area (Å²) in [4.78, 5) is 24.7. The maximum absolute atomic E-state index is 12.7. The third-order valence-electron chi connectivity index (χ3n) is 4.89. The van der Waals surface area contributed by atoms with Gasteiger partial charge in [-0.05, 0) is 45.4 Å². The zero-order valence-electron chi connectivity index (χ0n) is 19.9. The van der Waals surface area contributed by atoms with Gasteiger partial charge in [-0.3, -0.25) is 9.20 Å². The van der Waals surface area contributed by atoms with E-state index >= 15 is 0 Å². The number of nitrogens with zero attached hydrogens (tertiary/aromatic N) is 3. The minimum absolute atomic E-state index is 0. The molecular weight excluding hydrogens is 448 g/mol. The molecule has 0 bridgehead atoms. The largest absolute Gasteiger partial charge is 0.447 e. The van der Waals surface area contributed by atoms with Crippen LogP contribution in [0, 0.1) is 0 Å². The van der Waals surface area contributed by atoms with Gasteiger partial charge in [0, 0.05) is 5.69 Å². The number of benzene rings is 1. The van der Waals surface area contributed by atoms with E-state index in [4.69, 9.17) is 15.2 Å². The normalized spacial score (nSPS) is 12.2. The quantitative estimate of drug-likeness (QED) is 0.403. The van der Waals surface area contributed by atoms with Gasteiger partial charge in [-0.15, -0.1) is 10.2 Å². The molecule has 190 valence electrons. The Kier molecular flexibility index (Phi) is 9.73. The number of rotatable bonds is 10. The summed E-state index contributed by atoms with van der Waals surface area (Å²) in [6, 6.07) is 14.6. The first-order chi connectivity index (χ1) is 16.1. The van der Waals surface area contributed by atoms with Crippen molar-refractivity contribution in [2.75, 3.05) is 6.61 Å². The molecule has 0 aliphatic heterocycles. The van der Waals surface area contributed by atoms with Crippen molar-refractivity contribution in [2.24, 2.45) is 5.73 Å². The maximum Gasteiger partial charge on any atom is 0.407 e. The molecule has 2 amide bonds. The Hall–Kier alpha value is -3.50. The number of carbonyl (C=O) groups excluding carboxylic acids is 2. The Bertz CT molecular complexity index is 1110. The zero-order valence-corrected chi connectivity index (χ0v) is 19.9. The Morgan fingerprint density at radius 3 is 2.46 bits per heavy atom. The van der Waals surface area contributed by atoms with E-state index < -0.39 is 17.7 Å². The fraction of sp³-hybridized carbons (Fsp3) is 0.440. The molecule has 2 aromatic heterocycles. The predicted molar refractivity (Wildman–Crippen MR) is 133 cm³/mol. The van der Waals surface area contributed by atoms with E-state index in [0.29, 0.717) is 23.8 Å². The van der Waals surface area contributed by atoms with Crippen LogP contribution in [0.5, 0.6) is 0 Å². The minimum Gasteiger partial charge on any atom is -0.447 e. The third-order valence-corrected chi connectivity index (χ3v) is 4.89. The number of pyridine rings is 1. The van der Waals surface area contributed by atoms with Crippen LogP contribution in [0.4, 0.5) is 4.79 Å². The number of carbonyl (C=O) groups is 2. The molecule has 10 nitrogen and oxygen atoms in total. The second-order valence-corrected chi connectivity index (χ2v) is 8.83. The van der Waals surface area contributed by atoms with Crippen molar-refractivity contribution < 1.29 is 19.1 Å². The molecule has 10 heteroatoms. The molecule has 2 heterocycles. The Balaban J connectivity index is 0.00000432. The van der Waals surface area contributed by atoms with Gasteiger partial charge in [0.05, 0.1) is 31.4 Å². The number of alkyl carbamates (subject to hydrolysis) is 1. The summed E-state index contributed by atoms with van der Waals surface area (Å²) in [5.74, 6) is 0.115. The number of hydrogen-bond donors (Lipinski definition) is 3. The van der Waals surface area contributed by atoms with Crippen LogP contribution in [0.1, 0.15) is 58.2 Å². The van der Waals surface area contributed by atoms with Crippen LogP contribution in [0.3, 0.4) is 0 Å². The molecule has 0 unspecified atom stereocenters. The van der Waals surface area contributed by atoms with Crippen molar-refractivity contribution in [1.29, 1.82) is 0 Å². The van der Waals surface area contributed by atoms with E-state index in [1.807, 2.05) is 42.5 Å². The molecule has 35 heavy (non-hydrogen) atoms. The topological polar surface area (TPSA) is 133 Å². The fourth-order valence-corrected chi connectivity index (χ4v) is 3.21. The Labute approximate surface area is 206 Å². The average molecular weight is 485 g/mol. The van der Waals surface area contributed by atoms with Crippen molar-refractivity contribution in [2.45, 2.75) is 66.0 Å². The van der Waals surface area contributed by atoms with Crippen LogP contribution in [-0.4, -0.2) is 44.8 Å². The van der Waals surface area contributed by atoms with E-state index in [1.165, 1.54) is 0 Å². The monoisotopic (exact) mass is 484 g/mol. The summed E-state index contributed by atoms with van der Waals surface area (Å²) in [5, 5.41) is 14.2. The number of ether oxygens (including phenoxy) is 2. The average Bonchev–Trinajstić information content (AvgIpc) is 3.21. The highest BCUT2D eigenvalue weighted by atomic mass is 16.6. The summed E-state index contributed by atoms with van der Waals surface area (Å²) in [6.45, 7) is 7.51. The van der Waals surface area contributed by atoms with Crippen LogP contribution < -0.4 is 16.4 Å².